The van der Waals surface area contributed by atoms with Crippen LogP contribution in [0.25, 0.3) is 0 Å². The Morgan fingerprint density at radius 2 is 2.20 bits per heavy atom. The fourth-order valence-electron chi connectivity index (χ4n) is 2.32. The van der Waals surface area contributed by atoms with Crippen molar-refractivity contribution in [2.45, 2.75) is 25.8 Å². The van der Waals surface area contributed by atoms with Crippen LogP contribution in [0, 0.1) is 6.92 Å². The molecule has 0 saturated heterocycles. The van der Waals surface area contributed by atoms with Crippen LogP contribution < -0.4 is 0 Å². The SMILES string of the molecule is Cc1ccnn1CC1Cc2ccccc21. The van der Waals surface area contributed by atoms with Crippen molar-refractivity contribution in [1.29, 1.82) is 0 Å². The maximum Gasteiger partial charge on any atom is 0.0492 e. The van der Waals surface area contributed by atoms with E-state index >= 15 is 0 Å². The van der Waals surface area contributed by atoms with Gasteiger partial charge in [-0.25, -0.2) is 0 Å². The summed E-state index contributed by atoms with van der Waals surface area (Å²) in [5.41, 5.74) is 4.26. The Morgan fingerprint density at radius 1 is 1.33 bits per heavy atom. The average Bonchev–Trinajstić information content (AvgIpc) is 2.61. The molecule has 1 unspecified atom stereocenters. The van der Waals surface area contributed by atoms with Crippen molar-refractivity contribution in [2.24, 2.45) is 0 Å². The van der Waals surface area contributed by atoms with Crippen LogP contribution in [-0.2, 0) is 13.0 Å². The Hall–Kier alpha value is -1.57. The second kappa shape index (κ2) is 3.23. The van der Waals surface area contributed by atoms with Crippen LogP contribution in [0.1, 0.15) is 22.7 Å². The number of hydrogen-bond acceptors (Lipinski definition) is 1. The summed E-state index contributed by atoms with van der Waals surface area (Å²) < 4.78 is 2.10. The van der Waals surface area contributed by atoms with Crippen molar-refractivity contribution in [3.05, 3.63) is 53.3 Å². The van der Waals surface area contributed by atoms with Gasteiger partial charge in [-0.05, 0) is 30.5 Å². The van der Waals surface area contributed by atoms with Crippen LogP contribution in [0.5, 0.6) is 0 Å². The molecule has 0 saturated carbocycles. The molecule has 76 valence electrons. The lowest BCUT2D eigenvalue weighted by Crippen LogP contribution is -2.22. The lowest BCUT2D eigenvalue weighted by atomic mass is 9.77. The van der Waals surface area contributed by atoms with Crippen molar-refractivity contribution in [2.75, 3.05) is 0 Å². The summed E-state index contributed by atoms with van der Waals surface area (Å²) in [5.74, 6) is 0.666. The molecule has 3 rings (SSSR count). The summed E-state index contributed by atoms with van der Waals surface area (Å²) in [6, 6.07) is 10.8. The number of aryl methyl sites for hydroxylation is 1. The lowest BCUT2D eigenvalue weighted by Gasteiger charge is -2.30. The van der Waals surface area contributed by atoms with Gasteiger partial charge in [-0.3, -0.25) is 4.68 Å². The van der Waals surface area contributed by atoms with Crippen molar-refractivity contribution < 1.29 is 0 Å². The van der Waals surface area contributed by atoms with Crippen molar-refractivity contribution in [1.82, 2.24) is 9.78 Å². The van der Waals surface area contributed by atoms with Gasteiger partial charge in [-0.2, -0.15) is 5.10 Å². The monoisotopic (exact) mass is 198 g/mol. The Balaban J connectivity index is 1.81. The van der Waals surface area contributed by atoms with E-state index in [-0.39, 0.29) is 0 Å². The quantitative estimate of drug-likeness (QED) is 0.725. The van der Waals surface area contributed by atoms with Crippen molar-refractivity contribution >= 4 is 0 Å². The number of benzene rings is 1. The second-order valence-electron chi connectivity index (χ2n) is 4.25. The highest BCUT2D eigenvalue weighted by molar-refractivity contribution is 5.39. The third kappa shape index (κ3) is 1.37. The Morgan fingerprint density at radius 3 is 2.93 bits per heavy atom. The molecule has 0 aliphatic heterocycles. The number of fused-ring (bicyclic) bond motifs is 1. The number of rotatable bonds is 2. The zero-order valence-electron chi connectivity index (χ0n) is 8.85. The highest BCUT2D eigenvalue weighted by Crippen LogP contribution is 2.35. The number of hydrogen-bond donors (Lipinski definition) is 0. The molecule has 0 N–H and O–H groups in total. The first-order valence-corrected chi connectivity index (χ1v) is 5.41. The van der Waals surface area contributed by atoms with E-state index in [1.807, 2.05) is 6.20 Å². The molecule has 1 atom stereocenters. The van der Waals surface area contributed by atoms with Crippen LogP contribution in [0.15, 0.2) is 36.5 Å². The van der Waals surface area contributed by atoms with E-state index in [0.29, 0.717) is 5.92 Å². The van der Waals surface area contributed by atoms with E-state index < -0.39 is 0 Å². The summed E-state index contributed by atoms with van der Waals surface area (Å²) >= 11 is 0. The van der Waals surface area contributed by atoms with Gasteiger partial charge in [-0.1, -0.05) is 24.3 Å². The van der Waals surface area contributed by atoms with Gasteiger partial charge in [0.15, 0.2) is 0 Å². The Bertz CT molecular complexity index is 485. The third-order valence-corrected chi connectivity index (χ3v) is 3.28. The van der Waals surface area contributed by atoms with Crippen LogP contribution in [0.4, 0.5) is 0 Å². The average molecular weight is 198 g/mol. The molecular formula is C13H14N2. The minimum Gasteiger partial charge on any atom is -0.269 e. The predicted molar refractivity (Wildman–Crippen MR) is 59.9 cm³/mol. The number of nitrogens with zero attached hydrogens (tertiary/aromatic N) is 2. The van der Waals surface area contributed by atoms with Gasteiger partial charge < -0.3 is 0 Å². The van der Waals surface area contributed by atoms with E-state index in [9.17, 15) is 0 Å². The van der Waals surface area contributed by atoms with Gasteiger partial charge in [-0.15, -0.1) is 0 Å². The maximum atomic E-state index is 4.33. The van der Waals surface area contributed by atoms with Gasteiger partial charge in [0, 0.05) is 24.4 Å². The van der Waals surface area contributed by atoms with Crippen molar-refractivity contribution in [3.63, 3.8) is 0 Å². The first-order valence-electron chi connectivity index (χ1n) is 5.41. The molecule has 0 fully saturated rings. The molecule has 0 bridgehead atoms. The van der Waals surface area contributed by atoms with Gasteiger partial charge >= 0.3 is 0 Å². The van der Waals surface area contributed by atoms with Gasteiger partial charge in [0.25, 0.3) is 0 Å². The first-order chi connectivity index (χ1) is 7.34. The summed E-state index contributed by atoms with van der Waals surface area (Å²) in [4.78, 5) is 0. The topological polar surface area (TPSA) is 17.8 Å². The molecular weight excluding hydrogens is 184 g/mol. The molecule has 0 spiro atoms. The van der Waals surface area contributed by atoms with Gasteiger partial charge in [0.1, 0.15) is 0 Å². The highest BCUT2D eigenvalue weighted by Gasteiger charge is 2.25. The largest absolute Gasteiger partial charge is 0.269 e. The third-order valence-electron chi connectivity index (χ3n) is 3.28. The smallest absolute Gasteiger partial charge is 0.0492 e. The Kier molecular flexibility index (Phi) is 1.88. The van der Waals surface area contributed by atoms with E-state index in [1.54, 1.807) is 0 Å². The molecule has 15 heavy (non-hydrogen) atoms. The predicted octanol–water partition coefficient (Wildman–Crippen LogP) is 2.53. The standard InChI is InChI=1S/C13H14N2/c1-10-6-7-14-15(10)9-12-8-11-4-2-3-5-13(11)12/h2-7,12H,8-9H2,1H3. The van der Waals surface area contributed by atoms with E-state index in [0.717, 1.165) is 6.54 Å². The van der Waals surface area contributed by atoms with Gasteiger partial charge in [0.2, 0.25) is 0 Å². The van der Waals surface area contributed by atoms with E-state index in [2.05, 4.69) is 47.0 Å². The van der Waals surface area contributed by atoms with E-state index in [1.165, 1.54) is 23.2 Å². The molecule has 1 aromatic heterocycles. The molecule has 2 nitrogen and oxygen atoms in total. The van der Waals surface area contributed by atoms with Gasteiger partial charge in [0.05, 0.1) is 0 Å². The zero-order chi connectivity index (χ0) is 10.3. The summed E-state index contributed by atoms with van der Waals surface area (Å²) in [6.07, 6.45) is 3.08. The molecule has 1 aliphatic rings. The molecule has 2 heteroatoms. The fraction of sp³-hybridized carbons (Fsp3) is 0.308. The van der Waals surface area contributed by atoms with Crippen LogP contribution >= 0.6 is 0 Å². The Labute approximate surface area is 89.5 Å². The van der Waals surface area contributed by atoms with Crippen molar-refractivity contribution in [3.8, 4) is 0 Å². The number of aromatic nitrogens is 2. The second-order valence-corrected chi connectivity index (χ2v) is 4.25. The summed E-state index contributed by atoms with van der Waals surface area (Å²) in [5, 5.41) is 4.33. The first kappa shape index (κ1) is 8.72. The summed E-state index contributed by atoms with van der Waals surface area (Å²) in [6.45, 7) is 3.13. The van der Waals surface area contributed by atoms with E-state index in [4.69, 9.17) is 0 Å². The molecule has 0 radical (unpaired) electrons. The lowest BCUT2D eigenvalue weighted by molar-refractivity contribution is 0.468. The molecule has 0 amide bonds. The zero-order valence-corrected chi connectivity index (χ0v) is 8.85. The minimum atomic E-state index is 0.666. The summed E-state index contributed by atoms with van der Waals surface area (Å²) in [7, 11) is 0. The molecule has 1 aliphatic carbocycles. The minimum absolute atomic E-state index is 0.666. The normalized spacial score (nSPS) is 18.3. The fourth-order valence-corrected chi connectivity index (χ4v) is 2.32. The molecule has 1 heterocycles. The maximum absolute atomic E-state index is 4.33. The highest BCUT2D eigenvalue weighted by atomic mass is 15.3. The van der Waals surface area contributed by atoms with Crippen LogP contribution in [0.2, 0.25) is 0 Å². The molecule has 2 aromatic rings. The van der Waals surface area contributed by atoms with Crippen LogP contribution in [-0.4, -0.2) is 9.78 Å². The molecule has 1 aromatic carbocycles. The van der Waals surface area contributed by atoms with Crippen LogP contribution in [0.3, 0.4) is 0 Å².